The predicted octanol–water partition coefficient (Wildman–Crippen LogP) is 0.561. The third-order valence-electron chi connectivity index (χ3n) is 3.41. The lowest BCUT2D eigenvalue weighted by Gasteiger charge is -2.42. The first-order valence-corrected chi connectivity index (χ1v) is 5.99. The number of nitrogens with zero attached hydrogens (tertiary/aromatic N) is 2. The Hall–Kier alpha value is -0.740. The van der Waals surface area contributed by atoms with Crippen LogP contribution in [0.3, 0.4) is 0 Å². The van der Waals surface area contributed by atoms with E-state index in [-0.39, 0.29) is 5.78 Å². The Morgan fingerprint density at radius 1 is 1.25 bits per heavy atom. The van der Waals surface area contributed by atoms with Gasteiger partial charge in [0.1, 0.15) is 0 Å². The van der Waals surface area contributed by atoms with Crippen molar-refractivity contribution in [2.75, 3.05) is 32.7 Å². The van der Waals surface area contributed by atoms with Gasteiger partial charge in [0, 0.05) is 26.2 Å². The molecule has 0 amide bonds. The molecule has 92 valence electrons. The summed E-state index contributed by atoms with van der Waals surface area (Å²) in [6.45, 7) is 10.7. The summed E-state index contributed by atoms with van der Waals surface area (Å²) in [6.07, 6.45) is 1.61. The number of hydrogen-bond acceptors (Lipinski definition) is 4. The average molecular weight is 226 g/mol. The maximum atomic E-state index is 11.5. The molecule has 1 fully saturated rings. The van der Waals surface area contributed by atoms with Gasteiger partial charge in [0.25, 0.3) is 0 Å². The van der Waals surface area contributed by atoms with Crippen LogP contribution in [0.5, 0.6) is 0 Å². The minimum Gasteiger partial charge on any atom is -0.301 e. The molecule has 0 radical (unpaired) electrons. The highest BCUT2D eigenvalue weighted by Crippen LogP contribution is 2.17. The van der Waals surface area contributed by atoms with E-state index in [9.17, 15) is 9.59 Å². The standard InChI is InChI=1S/C12H22N2O2/c1-4-5-13-6-8-14(9-7-13)12(2,3)11(16)10-15/h10H,4-9H2,1-3H3. The molecule has 1 aliphatic heterocycles. The highest BCUT2D eigenvalue weighted by atomic mass is 16.2. The molecule has 1 saturated heterocycles. The Morgan fingerprint density at radius 3 is 2.25 bits per heavy atom. The normalized spacial score (nSPS) is 19.7. The van der Waals surface area contributed by atoms with Crippen molar-refractivity contribution in [3.63, 3.8) is 0 Å². The first kappa shape index (κ1) is 13.3. The molecule has 1 aliphatic rings. The zero-order chi connectivity index (χ0) is 12.2. The van der Waals surface area contributed by atoms with Gasteiger partial charge in [0.05, 0.1) is 5.54 Å². The SMILES string of the molecule is CCCN1CCN(C(C)(C)C(=O)C=O)CC1. The fourth-order valence-electron chi connectivity index (χ4n) is 2.15. The van der Waals surface area contributed by atoms with Gasteiger partial charge in [-0.2, -0.15) is 0 Å². The first-order valence-electron chi connectivity index (χ1n) is 5.99. The van der Waals surface area contributed by atoms with E-state index in [1.54, 1.807) is 0 Å². The molecule has 1 rings (SSSR count). The van der Waals surface area contributed by atoms with Crippen molar-refractivity contribution in [1.82, 2.24) is 9.80 Å². The molecule has 16 heavy (non-hydrogen) atoms. The van der Waals surface area contributed by atoms with Crippen LogP contribution in [0.15, 0.2) is 0 Å². The largest absolute Gasteiger partial charge is 0.301 e. The third-order valence-corrected chi connectivity index (χ3v) is 3.41. The maximum absolute atomic E-state index is 11.5. The number of carbonyl (C=O) groups excluding carboxylic acids is 2. The van der Waals surface area contributed by atoms with Gasteiger partial charge in [-0.15, -0.1) is 0 Å². The Labute approximate surface area is 97.6 Å². The Bertz CT molecular complexity index is 256. The van der Waals surface area contributed by atoms with Gasteiger partial charge in [-0.25, -0.2) is 0 Å². The summed E-state index contributed by atoms with van der Waals surface area (Å²) in [4.78, 5) is 26.6. The van der Waals surface area contributed by atoms with Crippen molar-refractivity contribution in [1.29, 1.82) is 0 Å². The summed E-state index contributed by atoms with van der Waals surface area (Å²) in [7, 11) is 0. The molecule has 4 nitrogen and oxygen atoms in total. The zero-order valence-electron chi connectivity index (χ0n) is 10.5. The average Bonchev–Trinajstić information content (AvgIpc) is 2.29. The molecule has 0 aliphatic carbocycles. The van der Waals surface area contributed by atoms with Gasteiger partial charge < -0.3 is 4.90 Å². The number of Topliss-reactive ketones (excluding diaryl/α,β-unsaturated/α-hetero) is 1. The van der Waals surface area contributed by atoms with E-state index in [1.165, 1.54) is 0 Å². The lowest BCUT2D eigenvalue weighted by molar-refractivity contribution is -0.138. The molecule has 1 heterocycles. The summed E-state index contributed by atoms with van der Waals surface area (Å²) in [5.74, 6) is -0.323. The lowest BCUT2D eigenvalue weighted by Crippen LogP contribution is -2.58. The number of piperazine rings is 1. The molecule has 0 bridgehead atoms. The van der Waals surface area contributed by atoms with E-state index >= 15 is 0 Å². The molecular formula is C12H22N2O2. The molecule has 0 aromatic heterocycles. The zero-order valence-corrected chi connectivity index (χ0v) is 10.5. The van der Waals surface area contributed by atoms with E-state index < -0.39 is 5.54 Å². The molecular weight excluding hydrogens is 204 g/mol. The third kappa shape index (κ3) is 2.89. The maximum Gasteiger partial charge on any atom is 0.214 e. The smallest absolute Gasteiger partial charge is 0.214 e. The van der Waals surface area contributed by atoms with Gasteiger partial charge in [-0.05, 0) is 26.8 Å². The fraction of sp³-hybridized carbons (Fsp3) is 0.833. The number of hydrogen-bond donors (Lipinski definition) is 0. The highest BCUT2D eigenvalue weighted by molar-refractivity contribution is 6.29. The summed E-state index contributed by atoms with van der Waals surface area (Å²) in [5, 5.41) is 0. The van der Waals surface area contributed by atoms with E-state index in [0.717, 1.165) is 39.1 Å². The van der Waals surface area contributed by atoms with Crippen LogP contribution in [0.1, 0.15) is 27.2 Å². The van der Waals surface area contributed by atoms with E-state index in [2.05, 4.69) is 16.7 Å². The molecule has 0 saturated carbocycles. The van der Waals surface area contributed by atoms with Crippen LogP contribution >= 0.6 is 0 Å². The number of aldehydes is 1. The Morgan fingerprint density at radius 2 is 1.81 bits per heavy atom. The van der Waals surface area contributed by atoms with Crippen molar-refractivity contribution in [3.8, 4) is 0 Å². The summed E-state index contributed by atoms with van der Waals surface area (Å²) >= 11 is 0. The van der Waals surface area contributed by atoms with E-state index in [1.807, 2.05) is 13.8 Å². The minimum absolute atomic E-state index is 0.323. The van der Waals surface area contributed by atoms with E-state index in [4.69, 9.17) is 0 Å². The number of rotatable bonds is 5. The van der Waals surface area contributed by atoms with Gasteiger partial charge in [-0.3, -0.25) is 14.5 Å². The summed E-state index contributed by atoms with van der Waals surface area (Å²) in [5.41, 5.74) is -0.639. The van der Waals surface area contributed by atoms with Gasteiger partial charge in [-0.1, -0.05) is 6.92 Å². The predicted molar refractivity (Wildman–Crippen MR) is 63.5 cm³/mol. The van der Waals surface area contributed by atoms with Crippen molar-refractivity contribution in [2.24, 2.45) is 0 Å². The van der Waals surface area contributed by atoms with Crippen LogP contribution < -0.4 is 0 Å². The van der Waals surface area contributed by atoms with Crippen LogP contribution in [0.2, 0.25) is 0 Å². The minimum atomic E-state index is -0.639. The number of ketones is 1. The molecule has 4 heteroatoms. The molecule has 0 spiro atoms. The highest BCUT2D eigenvalue weighted by Gasteiger charge is 2.35. The molecule has 0 aromatic rings. The topological polar surface area (TPSA) is 40.6 Å². The molecule has 0 unspecified atom stereocenters. The summed E-state index contributed by atoms with van der Waals surface area (Å²) in [6, 6.07) is 0. The fourth-order valence-corrected chi connectivity index (χ4v) is 2.15. The Balaban J connectivity index is 2.52. The lowest BCUT2D eigenvalue weighted by atomic mass is 9.96. The van der Waals surface area contributed by atoms with Crippen LogP contribution in [-0.4, -0.2) is 60.1 Å². The van der Waals surface area contributed by atoms with Crippen molar-refractivity contribution >= 4 is 12.1 Å². The number of carbonyl (C=O) groups is 2. The monoisotopic (exact) mass is 226 g/mol. The second kappa shape index (κ2) is 5.55. The van der Waals surface area contributed by atoms with Crippen LogP contribution in [0.25, 0.3) is 0 Å². The van der Waals surface area contributed by atoms with Crippen LogP contribution in [0, 0.1) is 0 Å². The van der Waals surface area contributed by atoms with Crippen molar-refractivity contribution in [3.05, 3.63) is 0 Å². The van der Waals surface area contributed by atoms with Crippen molar-refractivity contribution < 1.29 is 9.59 Å². The van der Waals surface area contributed by atoms with E-state index in [0.29, 0.717) is 6.29 Å². The van der Waals surface area contributed by atoms with Gasteiger partial charge >= 0.3 is 0 Å². The summed E-state index contributed by atoms with van der Waals surface area (Å²) < 4.78 is 0. The van der Waals surface area contributed by atoms with Crippen LogP contribution in [0.4, 0.5) is 0 Å². The van der Waals surface area contributed by atoms with Crippen molar-refractivity contribution in [2.45, 2.75) is 32.7 Å². The van der Waals surface area contributed by atoms with Gasteiger partial charge in [0.15, 0.2) is 6.29 Å². The second-order valence-electron chi connectivity index (χ2n) is 4.87. The first-order chi connectivity index (χ1) is 7.52. The van der Waals surface area contributed by atoms with Crippen LogP contribution in [-0.2, 0) is 9.59 Å². The molecule has 0 N–H and O–H groups in total. The van der Waals surface area contributed by atoms with Gasteiger partial charge in [0.2, 0.25) is 5.78 Å². The second-order valence-corrected chi connectivity index (χ2v) is 4.87. The quantitative estimate of drug-likeness (QED) is 0.507. The Kier molecular flexibility index (Phi) is 4.62. The molecule has 0 atom stereocenters. The molecule has 0 aromatic carbocycles.